The SMILES string of the molecule is NC(=O)CC1CCN(C(=O)N2CCCCC2C(=O)O)CC1. The molecule has 0 aromatic heterocycles. The Morgan fingerprint density at radius 2 is 1.71 bits per heavy atom. The third kappa shape index (κ3) is 3.86. The van der Waals surface area contributed by atoms with Crippen molar-refractivity contribution >= 4 is 17.9 Å². The molecule has 7 nitrogen and oxygen atoms in total. The third-order valence-electron chi connectivity index (χ3n) is 4.41. The van der Waals surface area contributed by atoms with Crippen LogP contribution in [0.5, 0.6) is 0 Å². The Hall–Kier alpha value is -1.79. The molecular weight excluding hydrogens is 274 g/mol. The number of likely N-dealkylation sites (tertiary alicyclic amines) is 2. The number of aliphatic carboxylic acids is 1. The van der Waals surface area contributed by atoms with Crippen LogP contribution in [0.25, 0.3) is 0 Å². The molecule has 0 aromatic carbocycles. The van der Waals surface area contributed by atoms with Gasteiger partial charge in [-0.25, -0.2) is 9.59 Å². The lowest BCUT2D eigenvalue weighted by Gasteiger charge is -2.39. The van der Waals surface area contributed by atoms with Crippen LogP contribution in [0.2, 0.25) is 0 Å². The molecule has 0 saturated carbocycles. The second-order valence-corrected chi connectivity index (χ2v) is 5.93. The van der Waals surface area contributed by atoms with Gasteiger partial charge in [0.25, 0.3) is 0 Å². The molecule has 0 bridgehead atoms. The number of rotatable bonds is 3. The smallest absolute Gasteiger partial charge is 0.326 e. The van der Waals surface area contributed by atoms with Gasteiger partial charge in [-0.2, -0.15) is 0 Å². The number of hydrogen-bond acceptors (Lipinski definition) is 3. The summed E-state index contributed by atoms with van der Waals surface area (Å²) in [5.41, 5.74) is 5.19. The third-order valence-corrected chi connectivity index (χ3v) is 4.41. The summed E-state index contributed by atoms with van der Waals surface area (Å²) in [6, 6.07) is -0.880. The molecule has 2 aliphatic rings. The summed E-state index contributed by atoms with van der Waals surface area (Å²) >= 11 is 0. The molecular formula is C14H23N3O4. The Bertz CT molecular complexity index is 418. The quantitative estimate of drug-likeness (QED) is 0.797. The van der Waals surface area contributed by atoms with Crippen molar-refractivity contribution in [2.24, 2.45) is 11.7 Å². The highest BCUT2D eigenvalue weighted by Crippen LogP contribution is 2.24. The van der Waals surface area contributed by atoms with Crippen molar-refractivity contribution in [3.05, 3.63) is 0 Å². The molecule has 0 aliphatic carbocycles. The highest BCUT2D eigenvalue weighted by molar-refractivity contribution is 5.83. The Labute approximate surface area is 124 Å². The molecule has 3 amide bonds. The van der Waals surface area contributed by atoms with Crippen LogP contribution in [-0.2, 0) is 9.59 Å². The Balaban J connectivity index is 1.91. The van der Waals surface area contributed by atoms with Gasteiger partial charge in [-0.1, -0.05) is 0 Å². The number of carboxylic acid groups (broad SMARTS) is 1. The van der Waals surface area contributed by atoms with Crippen molar-refractivity contribution < 1.29 is 19.5 Å². The number of primary amides is 1. The maximum atomic E-state index is 12.5. The first-order valence-corrected chi connectivity index (χ1v) is 7.55. The summed E-state index contributed by atoms with van der Waals surface area (Å²) in [5, 5.41) is 9.23. The number of carbonyl (C=O) groups excluding carboxylic acids is 2. The summed E-state index contributed by atoms with van der Waals surface area (Å²) in [5.74, 6) is -0.989. The Kier molecular flexibility index (Phi) is 5.03. The molecule has 7 heteroatoms. The summed E-state index contributed by atoms with van der Waals surface area (Å²) in [6.45, 7) is 1.65. The van der Waals surface area contributed by atoms with Crippen LogP contribution in [0.4, 0.5) is 4.79 Å². The molecule has 2 aliphatic heterocycles. The van der Waals surface area contributed by atoms with Gasteiger partial charge >= 0.3 is 12.0 Å². The van der Waals surface area contributed by atoms with Gasteiger partial charge in [0, 0.05) is 26.1 Å². The predicted octanol–water partition coefficient (Wildman–Crippen LogP) is 0.633. The minimum Gasteiger partial charge on any atom is -0.480 e. The molecule has 21 heavy (non-hydrogen) atoms. The lowest BCUT2D eigenvalue weighted by Crippen LogP contribution is -2.54. The minimum atomic E-state index is -0.924. The van der Waals surface area contributed by atoms with E-state index in [4.69, 9.17) is 5.73 Å². The zero-order valence-corrected chi connectivity index (χ0v) is 12.2. The Morgan fingerprint density at radius 3 is 2.29 bits per heavy atom. The minimum absolute atomic E-state index is 0.181. The first-order valence-electron chi connectivity index (χ1n) is 7.55. The zero-order valence-electron chi connectivity index (χ0n) is 12.2. The van der Waals surface area contributed by atoms with Gasteiger partial charge in [-0.15, -0.1) is 0 Å². The van der Waals surface area contributed by atoms with E-state index in [9.17, 15) is 19.5 Å². The van der Waals surface area contributed by atoms with E-state index in [-0.39, 0.29) is 17.9 Å². The maximum absolute atomic E-state index is 12.5. The summed E-state index contributed by atoms with van der Waals surface area (Å²) in [7, 11) is 0. The van der Waals surface area contributed by atoms with Crippen molar-refractivity contribution in [1.29, 1.82) is 0 Å². The average molecular weight is 297 g/mol. The lowest BCUT2D eigenvalue weighted by molar-refractivity contribution is -0.143. The number of amides is 3. The van der Waals surface area contributed by atoms with Crippen molar-refractivity contribution in [1.82, 2.24) is 9.80 Å². The topological polar surface area (TPSA) is 104 Å². The van der Waals surface area contributed by atoms with Crippen LogP contribution in [0.1, 0.15) is 38.5 Å². The molecule has 0 spiro atoms. The zero-order chi connectivity index (χ0) is 15.4. The van der Waals surface area contributed by atoms with E-state index < -0.39 is 12.0 Å². The first-order chi connectivity index (χ1) is 9.99. The van der Waals surface area contributed by atoms with Crippen LogP contribution in [-0.4, -0.2) is 58.5 Å². The highest BCUT2D eigenvalue weighted by Gasteiger charge is 2.35. The normalized spacial score (nSPS) is 23.9. The number of nitrogens with two attached hydrogens (primary N) is 1. The summed E-state index contributed by atoms with van der Waals surface area (Å²) < 4.78 is 0. The number of carboxylic acids is 1. The molecule has 2 heterocycles. The monoisotopic (exact) mass is 297 g/mol. The molecule has 0 radical (unpaired) electrons. The van der Waals surface area contributed by atoms with E-state index >= 15 is 0 Å². The van der Waals surface area contributed by atoms with Crippen molar-refractivity contribution in [2.45, 2.75) is 44.6 Å². The highest BCUT2D eigenvalue weighted by atomic mass is 16.4. The molecule has 2 fully saturated rings. The van der Waals surface area contributed by atoms with Gasteiger partial charge in [0.1, 0.15) is 6.04 Å². The number of nitrogens with zero attached hydrogens (tertiary/aromatic N) is 2. The van der Waals surface area contributed by atoms with Gasteiger partial charge in [0.05, 0.1) is 0 Å². The van der Waals surface area contributed by atoms with Crippen LogP contribution < -0.4 is 5.73 Å². The molecule has 1 atom stereocenters. The van der Waals surface area contributed by atoms with Crippen LogP contribution >= 0.6 is 0 Å². The van der Waals surface area contributed by atoms with E-state index in [0.717, 1.165) is 25.7 Å². The van der Waals surface area contributed by atoms with Crippen molar-refractivity contribution in [2.75, 3.05) is 19.6 Å². The second-order valence-electron chi connectivity index (χ2n) is 5.93. The van der Waals surface area contributed by atoms with Crippen molar-refractivity contribution in [3.63, 3.8) is 0 Å². The summed E-state index contributed by atoms with van der Waals surface area (Å²) in [4.78, 5) is 37.9. The Morgan fingerprint density at radius 1 is 1.05 bits per heavy atom. The molecule has 2 rings (SSSR count). The molecule has 2 saturated heterocycles. The van der Waals surface area contributed by atoms with Crippen molar-refractivity contribution in [3.8, 4) is 0 Å². The van der Waals surface area contributed by atoms with Gasteiger partial charge in [0.2, 0.25) is 5.91 Å². The largest absolute Gasteiger partial charge is 0.480 e. The van der Waals surface area contributed by atoms with Crippen LogP contribution in [0.15, 0.2) is 0 Å². The van der Waals surface area contributed by atoms with Gasteiger partial charge in [-0.3, -0.25) is 4.79 Å². The number of carbonyl (C=O) groups is 3. The molecule has 0 aromatic rings. The fourth-order valence-electron chi connectivity index (χ4n) is 3.21. The second kappa shape index (κ2) is 6.78. The number of hydrogen-bond donors (Lipinski definition) is 2. The van der Waals surface area contributed by atoms with E-state index in [2.05, 4.69) is 0 Å². The number of piperidine rings is 2. The molecule has 1 unspecified atom stereocenters. The fourth-order valence-corrected chi connectivity index (χ4v) is 3.21. The lowest BCUT2D eigenvalue weighted by atomic mass is 9.93. The van der Waals surface area contributed by atoms with Gasteiger partial charge < -0.3 is 20.6 Å². The van der Waals surface area contributed by atoms with E-state index in [1.165, 1.54) is 4.90 Å². The van der Waals surface area contributed by atoms with Crippen LogP contribution in [0, 0.1) is 5.92 Å². The van der Waals surface area contributed by atoms with Gasteiger partial charge in [0.15, 0.2) is 0 Å². The van der Waals surface area contributed by atoms with Crippen LogP contribution in [0.3, 0.4) is 0 Å². The fraction of sp³-hybridized carbons (Fsp3) is 0.786. The van der Waals surface area contributed by atoms with E-state index in [0.29, 0.717) is 32.5 Å². The van der Waals surface area contributed by atoms with Gasteiger partial charge in [-0.05, 0) is 38.0 Å². The average Bonchev–Trinajstić information content (AvgIpc) is 2.46. The standard InChI is InChI=1S/C14H23N3O4/c15-12(18)9-10-4-7-16(8-5-10)14(21)17-6-2-1-3-11(17)13(19)20/h10-11H,1-9H2,(H2,15,18)(H,19,20). The summed E-state index contributed by atoms with van der Waals surface area (Å²) in [6.07, 6.45) is 4.10. The molecule has 3 N–H and O–H groups in total. The predicted molar refractivity (Wildman–Crippen MR) is 75.5 cm³/mol. The molecule has 118 valence electrons. The van der Waals surface area contributed by atoms with E-state index in [1.807, 2.05) is 0 Å². The first kappa shape index (κ1) is 15.6. The number of urea groups is 1. The van der Waals surface area contributed by atoms with E-state index in [1.54, 1.807) is 4.90 Å². The maximum Gasteiger partial charge on any atom is 0.326 e.